The first-order valence-electron chi connectivity index (χ1n) is 3.65. The largest absolute Gasteiger partial charge is 0.504 e. The standard InChI is InChI=1S/C8H4BrClN2O2/c9-4-1-3-6(7(13)5(4)10)11-2-12-8(3)14/h1-2,13H,(H,11,12,14). The predicted molar refractivity (Wildman–Crippen MR) is 56.7 cm³/mol. The normalized spacial score (nSPS) is 10.7. The summed E-state index contributed by atoms with van der Waals surface area (Å²) in [6.45, 7) is 0. The van der Waals surface area contributed by atoms with Crippen LogP contribution in [0.25, 0.3) is 10.9 Å². The molecule has 0 amide bonds. The van der Waals surface area contributed by atoms with E-state index in [4.69, 9.17) is 11.6 Å². The number of rotatable bonds is 0. The van der Waals surface area contributed by atoms with Gasteiger partial charge in [-0.15, -0.1) is 0 Å². The van der Waals surface area contributed by atoms with Crippen LogP contribution in [0.5, 0.6) is 5.75 Å². The minimum atomic E-state index is -0.317. The summed E-state index contributed by atoms with van der Waals surface area (Å²) < 4.78 is 0.461. The molecule has 2 N–H and O–H groups in total. The number of hydrogen-bond donors (Lipinski definition) is 2. The third-order valence-corrected chi connectivity index (χ3v) is 3.04. The van der Waals surface area contributed by atoms with Crippen LogP contribution in [0, 0.1) is 0 Å². The van der Waals surface area contributed by atoms with Crippen molar-refractivity contribution in [1.29, 1.82) is 0 Å². The van der Waals surface area contributed by atoms with Crippen LogP contribution in [-0.2, 0) is 0 Å². The number of aromatic hydroxyl groups is 1. The molecule has 0 atom stereocenters. The maximum Gasteiger partial charge on any atom is 0.258 e. The second-order valence-electron chi connectivity index (χ2n) is 2.65. The molecule has 0 aliphatic rings. The highest BCUT2D eigenvalue weighted by Gasteiger charge is 2.11. The van der Waals surface area contributed by atoms with Crippen LogP contribution in [-0.4, -0.2) is 15.1 Å². The number of halogens is 2. The van der Waals surface area contributed by atoms with E-state index in [1.54, 1.807) is 0 Å². The lowest BCUT2D eigenvalue weighted by atomic mass is 10.2. The van der Waals surface area contributed by atoms with Crippen molar-refractivity contribution >= 4 is 38.4 Å². The molecule has 6 heteroatoms. The Labute approximate surface area is 91.7 Å². The van der Waals surface area contributed by atoms with Crippen LogP contribution in [0.15, 0.2) is 21.7 Å². The summed E-state index contributed by atoms with van der Waals surface area (Å²) >= 11 is 8.89. The summed E-state index contributed by atoms with van der Waals surface area (Å²) in [7, 11) is 0. The van der Waals surface area contributed by atoms with Gasteiger partial charge in [0, 0.05) is 4.47 Å². The highest BCUT2D eigenvalue weighted by atomic mass is 79.9. The minimum Gasteiger partial charge on any atom is -0.504 e. The predicted octanol–water partition coefficient (Wildman–Crippen LogP) is 2.04. The van der Waals surface area contributed by atoms with Gasteiger partial charge in [0.2, 0.25) is 0 Å². The van der Waals surface area contributed by atoms with E-state index < -0.39 is 0 Å². The molecule has 0 aliphatic heterocycles. The molecule has 14 heavy (non-hydrogen) atoms. The molecule has 0 radical (unpaired) electrons. The molecule has 0 bridgehead atoms. The average Bonchev–Trinajstić information content (AvgIpc) is 2.17. The molecule has 0 fully saturated rings. The van der Waals surface area contributed by atoms with Gasteiger partial charge in [0.25, 0.3) is 5.56 Å². The van der Waals surface area contributed by atoms with E-state index in [9.17, 15) is 9.90 Å². The highest BCUT2D eigenvalue weighted by molar-refractivity contribution is 9.10. The van der Waals surface area contributed by atoms with Gasteiger partial charge < -0.3 is 10.1 Å². The number of benzene rings is 1. The second-order valence-corrected chi connectivity index (χ2v) is 3.88. The fourth-order valence-corrected chi connectivity index (χ4v) is 1.70. The number of phenols is 1. The quantitative estimate of drug-likeness (QED) is 0.773. The van der Waals surface area contributed by atoms with Gasteiger partial charge >= 0.3 is 0 Å². The fourth-order valence-electron chi connectivity index (χ4n) is 1.14. The first-order chi connectivity index (χ1) is 6.61. The van der Waals surface area contributed by atoms with E-state index in [-0.39, 0.29) is 21.8 Å². The summed E-state index contributed by atoms with van der Waals surface area (Å²) in [6.07, 6.45) is 1.22. The Morgan fingerprint density at radius 1 is 1.57 bits per heavy atom. The topological polar surface area (TPSA) is 66.0 Å². The van der Waals surface area contributed by atoms with E-state index in [0.29, 0.717) is 9.86 Å². The Kier molecular flexibility index (Phi) is 2.20. The molecular weight excluding hydrogens is 271 g/mol. The van der Waals surface area contributed by atoms with Crippen molar-refractivity contribution in [2.45, 2.75) is 0 Å². The Hall–Kier alpha value is -1.07. The Morgan fingerprint density at radius 3 is 3.00 bits per heavy atom. The van der Waals surface area contributed by atoms with Crippen LogP contribution in [0.1, 0.15) is 0 Å². The summed E-state index contributed by atoms with van der Waals surface area (Å²) in [4.78, 5) is 17.6. The van der Waals surface area contributed by atoms with Gasteiger partial charge in [-0.2, -0.15) is 0 Å². The molecule has 1 aromatic carbocycles. The van der Waals surface area contributed by atoms with Gasteiger partial charge in [-0.25, -0.2) is 4.98 Å². The Bertz CT molecular complexity index is 567. The maximum absolute atomic E-state index is 11.3. The zero-order valence-electron chi connectivity index (χ0n) is 6.71. The molecule has 0 spiro atoms. The number of nitrogens with zero attached hydrogens (tertiary/aromatic N) is 1. The van der Waals surface area contributed by atoms with Crippen molar-refractivity contribution in [3.63, 3.8) is 0 Å². The van der Waals surface area contributed by atoms with Gasteiger partial charge in [-0.3, -0.25) is 4.79 Å². The number of fused-ring (bicyclic) bond motifs is 1. The summed E-state index contributed by atoms with van der Waals surface area (Å²) in [5.74, 6) is -0.192. The molecule has 4 nitrogen and oxygen atoms in total. The van der Waals surface area contributed by atoms with Gasteiger partial charge in [0.05, 0.1) is 16.7 Å². The molecule has 2 rings (SSSR count). The third kappa shape index (κ3) is 1.29. The van der Waals surface area contributed by atoms with Crippen molar-refractivity contribution < 1.29 is 5.11 Å². The van der Waals surface area contributed by atoms with Crippen molar-refractivity contribution in [3.05, 3.63) is 32.2 Å². The number of hydrogen-bond acceptors (Lipinski definition) is 3. The summed E-state index contributed by atoms with van der Waals surface area (Å²) in [5.41, 5.74) is -0.121. The lowest BCUT2D eigenvalue weighted by molar-refractivity contribution is 0.480. The van der Waals surface area contributed by atoms with Crippen LogP contribution >= 0.6 is 27.5 Å². The monoisotopic (exact) mass is 274 g/mol. The fraction of sp³-hybridized carbons (Fsp3) is 0. The van der Waals surface area contributed by atoms with Crippen LogP contribution in [0.3, 0.4) is 0 Å². The van der Waals surface area contributed by atoms with Gasteiger partial charge in [0.15, 0.2) is 5.75 Å². The van der Waals surface area contributed by atoms with Gasteiger partial charge in [-0.1, -0.05) is 11.6 Å². The van der Waals surface area contributed by atoms with Gasteiger partial charge in [0.1, 0.15) is 5.52 Å². The van der Waals surface area contributed by atoms with Crippen molar-refractivity contribution in [2.24, 2.45) is 0 Å². The van der Waals surface area contributed by atoms with Crippen molar-refractivity contribution in [1.82, 2.24) is 9.97 Å². The molecule has 0 unspecified atom stereocenters. The van der Waals surface area contributed by atoms with Crippen LogP contribution < -0.4 is 5.56 Å². The second kappa shape index (κ2) is 3.25. The first-order valence-corrected chi connectivity index (χ1v) is 4.82. The smallest absolute Gasteiger partial charge is 0.258 e. The molecule has 0 saturated heterocycles. The number of nitrogens with one attached hydrogen (secondary N) is 1. The molecule has 0 saturated carbocycles. The average molecular weight is 275 g/mol. The highest BCUT2D eigenvalue weighted by Crippen LogP contribution is 2.35. The lowest BCUT2D eigenvalue weighted by Crippen LogP contribution is -2.06. The molecule has 2 aromatic rings. The zero-order chi connectivity index (χ0) is 10.3. The maximum atomic E-state index is 11.3. The third-order valence-electron chi connectivity index (χ3n) is 1.80. The molecule has 0 aliphatic carbocycles. The van der Waals surface area contributed by atoms with Gasteiger partial charge in [-0.05, 0) is 22.0 Å². The van der Waals surface area contributed by atoms with Crippen molar-refractivity contribution in [2.75, 3.05) is 0 Å². The Morgan fingerprint density at radius 2 is 2.29 bits per heavy atom. The molecular formula is C8H4BrClN2O2. The van der Waals surface area contributed by atoms with E-state index in [0.717, 1.165) is 0 Å². The number of H-pyrrole nitrogens is 1. The van der Waals surface area contributed by atoms with E-state index in [1.807, 2.05) is 0 Å². The van der Waals surface area contributed by atoms with Crippen LogP contribution in [0.2, 0.25) is 5.02 Å². The van der Waals surface area contributed by atoms with E-state index in [1.165, 1.54) is 12.4 Å². The number of phenolic OH excluding ortho intramolecular Hbond substituents is 1. The zero-order valence-corrected chi connectivity index (χ0v) is 9.06. The van der Waals surface area contributed by atoms with Crippen molar-refractivity contribution in [3.8, 4) is 5.75 Å². The minimum absolute atomic E-state index is 0.149. The van der Waals surface area contributed by atoms with E-state index >= 15 is 0 Å². The molecule has 1 aromatic heterocycles. The number of aromatic amines is 1. The van der Waals surface area contributed by atoms with E-state index in [2.05, 4.69) is 25.9 Å². The SMILES string of the molecule is O=c1[nH]cnc2c(O)c(Cl)c(Br)cc12. The lowest BCUT2D eigenvalue weighted by Gasteiger charge is -2.02. The molecule has 1 heterocycles. The molecule has 72 valence electrons. The first kappa shape index (κ1) is 9.48. The van der Waals surface area contributed by atoms with Crippen LogP contribution in [0.4, 0.5) is 0 Å². The Balaban J connectivity index is 3.06. The summed E-state index contributed by atoms with van der Waals surface area (Å²) in [5, 5.41) is 10.0. The number of aromatic nitrogens is 2. The summed E-state index contributed by atoms with van der Waals surface area (Å²) in [6, 6.07) is 1.52.